The van der Waals surface area contributed by atoms with E-state index in [-0.39, 0.29) is 12.1 Å². The monoisotopic (exact) mass is 447 g/mol. The van der Waals surface area contributed by atoms with Crippen LogP contribution in [0.1, 0.15) is 23.5 Å². The molecule has 1 aliphatic rings. The molecule has 1 aromatic carbocycles. The number of rotatable bonds is 9. The molecule has 2 aromatic rings. The van der Waals surface area contributed by atoms with Gasteiger partial charge in [0.15, 0.2) is 6.17 Å². The maximum Gasteiger partial charge on any atom is 0.261 e. The number of aryl methyl sites for hydroxylation is 2. The Hall–Kier alpha value is -3.34. The van der Waals surface area contributed by atoms with Gasteiger partial charge in [0.25, 0.3) is 5.91 Å². The van der Waals surface area contributed by atoms with Crippen LogP contribution in [-0.2, 0) is 22.7 Å². The number of hydrogen-bond acceptors (Lipinski definition) is 7. The van der Waals surface area contributed by atoms with Crippen molar-refractivity contribution in [3.8, 4) is 0 Å². The third kappa shape index (κ3) is 5.10. The summed E-state index contributed by atoms with van der Waals surface area (Å²) in [5.74, 6) is -0.120. The van der Waals surface area contributed by atoms with Crippen LogP contribution in [0.5, 0.6) is 0 Å². The summed E-state index contributed by atoms with van der Waals surface area (Å²) in [5, 5.41) is 3.98. The number of carbonyl (C=O) groups is 2. The molecule has 0 spiro atoms. The van der Waals surface area contributed by atoms with Gasteiger partial charge in [0.2, 0.25) is 0 Å². The number of aromatic nitrogens is 2. The fraction of sp³-hybridized carbons (Fsp3) is 0.429. The summed E-state index contributed by atoms with van der Waals surface area (Å²) < 4.78 is 29.7. The van der Waals surface area contributed by atoms with Gasteiger partial charge in [0.05, 0.1) is 18.3 Å². The number of nitrogens with one attached hydrogen (secondary N) is 2. The van der Waals surface area contributed by atoms with Crippen LogP contribution in [0, 0.1) is 25.5 Å². The van der Waals surface area contributed by atoms with Gasteiger partial charge in [0, 0.05) is 26.2 Å². The van der Waals surface area contributed by atoms with Crippen LogP contribution < -0.4 is 15.6 Å². The first-order valence-electron chi connectivity index (χ1n) is 10.2. The minimum atomic E-state index is -0.998. The molecule has 11 heteroatoms. The minimum Gasteiger partial charge on any atom is -0.363 e. The third-order valence-electron chi connectivity index (χ3n) is 5.16. The molecule has 2 unspecified atom stereocenters. The van der Waals surface area contributed by atoms with Crippen molar-refractivity contribution in [3.63, 3.8) is 0 Å². The van der Waals surface area contributed by atoms with Gasteiger partial charge in [-0.15, -0.1) is 0 Å². The molecule has 9 nitrogen and oxygen atoms in total. The lowest BCUT2D eigenvalue weighted by atomic mass is 10.2. The zero-order valence-corrected chi connectivity index (χ0v) is 18.5. The number of hydrogen-bond donors (Lipinski definition) is 2. The molecule has 172 valence electrons. The summed E-state index contributed by atoms with van der Waals surface area (Å²) in [4.78, 5) is 34.6. The Morgan fingerprint density at radius 1 is 1.31 bits per heavy atom. The zero-order valence-electron chi connectivity index (χ0n) is 18.5. The van der Waals surface area contributed by atoms with Crippen molar-refractivity contribution in [1.29, 1.82) is 0 Å². The molecule has 1 aromatic heterocycles. The van der Waals surface area contributed by atoms with E-state index in [0.29, 0.717) is 19.3 Å². The van der Waals surface area contributed by atoms with Crippen molar-refractivity contribution in [2.45, 2.75) is 45.6 Å². The highest BCUT2D eigenvalue weighted by atomic mass is 19.1. The Bertz CT molecular complexity index is 1000. The van der Waals surface area contributed by atoms with Crippen molar-refractivity contribution >= 4 is 24.3 Å². The van der Waals surface area contributed by atoms with Crippen LogP contribution in [0.15, 0.2) is 23.2 Å². The SMILES string of the molecule is Cc1nc(C)n(CCC(C=O)NC(=O)C2N=CN(Cc3c(F)cccc3F)N2)c1N(C)C. The molecule has 1 amide bonds. The lowest BCUT2D eigenvalue weighted by Crippen LogP contribution is -2.49. The summed E-state index contributed by atoms with van der Waals surface area (Å²) in [7, 11) is 3.84. The number of carbonyl (C=O) groups excluding carboxylic acids is 2. The first-order valence-corrected chi connectivity index (χ1v) is 10.2. The summed E-state index contributed by atoms with van der Waals surface area (Å²) in [6.45, 7) is 4.15. The fourth-order valence-corrected chi connectivity index (χ4v) is 3.68. The first kappa shape index (κ1) is 23.3. The van der Waals surface area contributed by atoms with Gasteiger partial charge in [-0.2, -0.15) is 0 Å². The predicted molar refractivity (Wildman–Crippen MR) is 116 cm³/mol. The van der Waals surface area contributed by atoms with Gasteiger partial charge < -0.3 is 19.6 Å². The molecule has 2 atom stereocenters. The van der Waals surface area contributed by atoms with Crippen molar-refractivity contribution in [1.82, 2.24) is 25.3 Å². The van der Waals surface area contributed by atoms with E-state index in [0.717, 1.165) is 29.5 Å². The highest BCUT2D eigenvalue weighted by Gasteiger charge is 2.27. The second kappa shape index (κ2) is 9.86. The summed E-state index contributed by atoms with van der Waals surface area (Å²) in [5.41, 5.74) is 3.51. The first-order chi connectivity index (χ1) is 15.2. The van der Waals surface area contributed by atoms with Gasteiger partial charge in [-0.05, 0) is 32.4 Å². The lowest BCUT2D eigenvalue weighted by molar-refractivity contribution is -0.126. The number of halogens is 2. The van der Waals surface area contributed by atoms with E-state index in [1.807, 2.05) is 37.4 Å². The molecule has 0 radical (unpaired) electrons. The summed E-state index contributed by atoms with van der Waals surface area (Å²) >= 11 is 0. The van der Waals surface area contributed by atoms with Crippen molar-refractivity contribution in [3.05, 3.63) is 46.9 Å². The zero-order chi connectivity index (χ0) is 23.4. The Kier molecular flexibility index (Phi) is 7.18. The van der Waals surface area contributed by atoms with Gasteiger partial charge in [-0.1, -0.05) is 6.07 Å². The second-order valence-corrected chi connectivity index (χ2v) is 7.78. The molecule has 0 saturated heterocycles. The quantitative estimate of drug-likeness (QED) is 0.563. The Labute approximate surface area is 185 Å². The van der Waals surface area contributed by atoms with Gasteiger partial charge in [-0.3, -0.25) is 9.80 Å². The highest BCUT2D eigenvalue weighted by Crippen LogP contribution is 2.20. The molecule has 0 fully saturated rings. The smallest absolute Gasteiger partial charge is 0.261 e. The third-order valence-corrected chi connectivity index (χ3v) is 5.16. The standard InChI is InChI=1S/C21H27F2N7O2/c1-13-21(28(3)4)30(14(2)25-13)9-8-15(11-31)26-20(32)19-24-12-29(27-19)10-16-17(22)6-5-7-18(16)23/h5-7,11-12,15,19,27H,8-10H2,1-4H3,(H,26,32). The van der Waals surface area contributed by atoms with Crippen LogP contribution in [0.25, 0.3) is 0 Å². The number of aliphatic imine (C=N–C) groups is 1. The van der Waals surface area contributed by atoms with E-state index in [2.05, 4.69) is 20.7 Å². The summed E-state index contributed by atoms with van der Waals surface area (Å²) in [6, 6.07) is 2.88. The van der Waals surface area contributed by atoms with E-state index >= 15 is 0 Å². The molecule has 0 bridgehead atoms. The molecule has 3 rings (SSSR count). The number of imidazole rings is 1. The average Bonchev–Trinajstić information content (AvgIpc) is 3.31. The van der Waals surface area contributed by atoms with Gasteiger partial charge in [-0.25, -0.2) is 24.2 Å². The Morgan fingerprint density at radius 2 is 2.00 bits per heavy atom. The van der Waals surface area contributed by atoms with Crippen molar-refractivity contribution < 1.29 is 18.4 Å². The van der Waals surface area contributed by atoms with E-state index in [9.17, 15) is 18.4 Å². The molecule has 0 aliphatic carbocycles. The van der Waals surface area contributed by atoms with E-state index in [1.165, 1.54) is 17.4 Å². The topological polar surface area (TPSA) is 94.9 Å². The number of nitrogens with zero attached hydrogens (tertiary/aromatic N) is 5. The highest BCUT2D eigenvalue weighted by molar-refractivity contribution is 5.86. The minimum absolute atomic E-state index is 0.138. The molecule has 32 heavy (non-hydrogen) atoms. The lowest BCUT2D eigenvalue weighted by Gasteiger charge is -2.21. The van der Waals surface area contributed by atoms with Crippen LogP contribution in [0.4, 0.5) is 14.6 Å². The van der Waals surface area contributed by atoms with Crippen LogP contribution in [0.3, 0.4) is 0 Å². The van der Waals surface area contributed by atoms with Crippen molar-refractivity contribution in [2.24, 2.45) is 4.99 Å². The summed E-state index contributed by atoms with van der Waals surface area (Å²) in [6.07, 6.45) is 1.35. The Morgan fingerprint density at radius 3 is 2.62 bits per heavy atom. The van der Waals surface area contributed by atoms with Gasteiger partial charge >= 0.3 is 0 Å². The molecular weight excluding hydrogens is 420 g/mol. The molecular formula is C21H27F2N7O2. The number of hydrazine groups is 1. The fourth-order valence-electron chi connectivity index (χ4n) is 3.68. The van der Waals surface area contributed by atoms with Gasteiger partial charge in [0.1, 0.15) is 35.9 Å². The van der Waals surface area contributed by atoms with Crippen LogP contribution >= 0.6 is 0 Å². The maximum absolute atomic E-state index is 13.8. The molecule has 0 saturated carbocycles. The Balaban J connectivity index is 1.56. The number of amides is 1. The molecule has 2 N–H and O–H groups in total. The maximum atomic E-state index is 13.8. The number of anilines is 1. The normalized spacial score (nSPS) is 16.3. The van der Waals surface area contributed by atoms with Crippen LogP contribution in [0.2, 0.25) is 0 Å². The molecule has 2 heterocycles. The number of benzene rings is 1. The number of aldehydes is 1. The molecule has 1 aliphatic heterocycles. The average molecular weight is 447 g/mol. The van der Waals surface area contributed by atoms with E-state index in [4.69, 9.17) is 0 Å². The van der Waals surface area contributed by atoms with E-state index < -0.39 is 29.7 Å². The second-order valence-electron chi connectivity index (χ2n) is 7.78. The predicted octanol–water partition coefficient (Wildman–Crippen LogP) is 1.29. The van der Waals surface area contributed by atoms with Crippen molar-refractivity contribution in [2.75, 3.05) is 19.0 Å². The van der Waals surface area contributed by atoms with E-state index in [1.54, 1.807) is 0 Å². The van der Waals surface area contributed by atoms with Crippen LogP contribution in [-0.4, -0.2) is 59.4 Å². The largest absolute Gasteiger partial charge is 0.363 e.